The van der Waals surface area contributed by atoms with Gasteiger partial charge in [-0.25, -0.2) is 18.6 Å². The van der Waals surface area contributed by atoms with Crippen molar-refractivity contribution in [1.29, 1.82) is 0 Å². The summed E-state index contributed by atoms with van der Waals surface area (Å²) in [5, 5.41) is 0. The molecule has 3 fully saturated rings. The molecule has 2 saturated heterocycles. The van der Waals surface area contributed by atoms with Gasteiger partial charge in [-0.1, -0.05) is 12.1 Å². The average molecular weight is 614 g/mol. The highest BCUT2D eigenvalue weighted by Crippen LogP contribution is 2.32. The van der Waals surface area contributed by atoms with Crippen LogP contribution in [0.1, 0.15) is 37.9 Å². The SMILES string of the molecule is COC(=O)N1CCN(C(=O)C2CCC(COc3cc(-n4c(C(F)F)nc5ccccc54)nc(N4CCOCC4)n3)CC2)CC1. The zero-order valence-corrected chi connectivity index (χ0v) is 24.7. The highest BCUT2D eigenvalue weighted by molar-refractivity contribution is 5.79. The Hall–Kier alpha value is -4.07. The molecule has 3 aromatic rings. The molecule has 44 heavy (non-hydrogen) atoms. The van der Waals surface area contributed by atoms with Crippen LogP contribution in [0, 0.1) is 11.8 Å². The fourth-order valence-corrected chi connectivity index (χ4v) is 6.20. The van der Waals surface area contributed by atoms with Crippen LogP contribution >= 0.6 is 0 Å². The Morgan fingerprint density at radius 3 is 2.36 bits per heavy atom. The van der Waals surface area contributed by atoms with E-state index in [2.05, 4.69) is 15.0 Å². The second kappa shape index (κ2) is 13.3. The van der Waals surface area contributed by atoms with Crippen LogP contribution in [0.25, 0.3) is 16.9 Å². The van der Waals surface area contributed by atoms with Gasteiger partial charge in [-0.3, -0.25) is 9.36 Å². The van der Waals surface area contributed by atoms with E-state index >= 15 is 0 Å². The Kier molecular flexibility index (Phi) is 9.05. The van der Waals surface area contributed by atoms with Gasteiger partial charge in [0.05, 0.1) is 38.0 Å². The molecule has 1 saturated carbocycles. The zero-order valence-electron chi connectivity index (χ0n) is 24.7. The predicted molar refractivity (Wildman–Crippen MR) is 156 cm³/mol. The monoisotopic (exact) mass is 613 g/mol. The van der Waals surface area contributed by atoms with Crippen molar-refractivity contribution in [1.82, 2.24) is 29.3 Å². The number of nitrogens with zero attached hydrogens (tertiary/aromatic N) is 7. The molecule has 0 radical (unpaired) electrons. The van der Waals surface area contributed by atoms with Crippen LogP contribution in [0.4, 0.5) is 19.5 Å². The molecule has 1 aliphatic carbocycles. The number of para-hydroxylation sites is 2. The molecule has 0 bridgehead atoms. The van der Waals surface area contributed by atoms with Crippen molar-refractivity contribution in [3.63, 3.8) is 0 Å². The van der Waals surface area contributed by atoms with Gasteiger partial charge in [-0.05, 0) is 43.7 Å². The predicted octanol–water partition coefficient (Wildman–Crippen LogP) is 3.69. The first kappa shape index (κ1) is 30.0. The molecule has 0 atom stereocenters. The number of rotatable bonds is 7. The van der Waals surface area contributed by atoms with E-state index in [9.17, 15) is 18.4 Å². The molecule has 2 aliphatic heterocycles. The van der Waals surface area contributed by atoms with Gasteiger partial charge in [0.1, 0.15) is 5.82 Å². The number of methoxy groups -OCH3 is 1. The van der Waals surface area contributed by atoms with Crippen molar-refractivity contribution in [3.05, 3.63) is 36.2 Å². The zero-order chi connectivity index (χ0) is 30.6. The molecule has 1 aromatic carbocycles. The lowest BCUT2D eigenvalue weighted by atomic mass is 9.81. The number of ether oxygens (including phenoxy) is 3. The van der Waals surface area contributed by atoms with Crippen LogP contribution in [0.15, 0.2) is 30.3 Å². The molecule has 236 valence electrons. The number of aromatic nitrogens is 4. The van der Waals surface area contributed by atoms with Crippen LogP contribution in [-0.4, -0.2) is 108 Å². The summed E-state index contributed by atoms with van der Waals surface area (Å²) in [5.41, 5.74) is 0.975. The van der Waals surface area contributed by atoms with E-state index in [1.807, 2.05) is 9.80 Å². The molecule has 6 rings (SSSR count). The van der Waals surface area contributed by atoms with Crippen molar-refractivity contribution in [2.75, 3.05) is 71.1 Å². The molecule has 3 aliphatic rings. The Morgan fingerprint density at radius 1 is 0.955 bits per heavy atom. The Morgan fingerprint density at radius 2 is 1.66 bits per heavy atom. The largest absolute Gasteiger partial charge is 0.477 e. The highest BCUT2D eigenvalue weighted by atomic mass is 19.3. The highest BCUT2D eigenvalue weighted by Gasteiger charge is 2.32. The minimum atomic E-state index is -2.80. The topological polar surface area (TPSA) is 115 Å². The summed E-state index contributed by atoms with van der Waals surface area (Å²) in [5.74, 6) is 0.895. The van der Waals surface area contributed by atoms with Gasteiger partial charge in [0.25, 0.3) is 6.43 Å². The van der Waals surface area contributed by atoms with Gasteiger partial charge in [0.15, 0.2) is 5.82 Å². The second-order valence-electron chi connectivity index (χ2n) is 11.4. The molecule has 14 heteroatoms. The van der Waals surface area contributed by atoms with Gasteiger partial charge in [0.2, 0.25) is 17.7 Å². The lowest BCUT2D eigenvalue weighted by Crippen LogP contribution is -2.52. The fraction of sp³-hybridized carbons (Fsp3) is 0.567. The molecule has 0 unspecified atom stereocenters. The first-order valence-electron chi connectivity index (χ1n) is 15.1. The van der Waals surface area contributed by atoms with Crippen molar-refractivity contribution in [2.45, 2.75) is 32.1 Å². The number of carbonyl (C=O) groups excluding carboxylic acids is 2. The summed E-state index contributed by atoms with van der Waals surface area (Å²) in [7, 11) is 1.36. The number of fused-ring (bicyclic) bond motifs is 1. The van der Waals surface area contributed by atoms with E-state index in [0.717, 1.165) is 25.7 Å². The van der Waals surface area contributed by atoms with Gasteiger partial charge >= 0.3 is 6.09 Å². The summed E-state index contributed by atoms with van der Waals surface area (Å²) >= 11 is 0. The van der Waals surface area contributed by atoms with Crippen molar-refractivity contribution in [3.8, 4) is 11.7 Å². The smallest absolute Gasteiger partial charge is 0.409 e. The molecule has 0 N–H and O–H groups in total. The summed E-state index contributed by atoms with van der Waals surface area (Å²) in [4.78, 5) is 43.8. The van der Waals surface area contributed by atoms with Gasteiger partial charge < -0.3 is 28.9 Å². The third kappa shape index (κ3) is 6.40. The first-order valence-corrected chi connectivity index (χ1v) is 15.1. The number of anilines is 1. The van der Waals surface area contributed by atoms with Crippen LogP contribution in [0.2, 0.25) is 0 Å². The van der Waals surface area contributed by atoms with Crippen LogP contribution in [-0.2, 0) is 14.3 Å². The van der Waals surface area contributed by atoms with Gasteiger partial charge in [0, 0.05) is 51.3 Å². The van der Waals surface area contributed by atoms with E-state index in [1.54, 1.807) is 35.2 Å². The third-order valence-corrected chi connectivity index (χ3v) is 8.67. The number of halogens is 2. The van der Waals surface area contributed by atoms with Gasteiger partial charge in [-0.2, -0.15) is 9.97 Å². The lowest BCUT2D eigenvalue weighted by Gasteiger charge is -2.37. The maximum atomic E-state index is 14.1. The molecule has 2 aromatic heterocycles. The van der Waals surface area contributed by atoms with E-state index in [1.165, 1.54) is 11.7 Å². The number of alkyl halides is 2. The third-order valence-electron chi connectivity index (χ3n) is 8.67. The average Bonchev–Trinajstić information content (AvgIpc) is 3.47. The Bertz CT molecular complexity index is 1470. The standard InChI is InChI=1S/C30H37F2N7O5/c1-42-30(41)38-12-10-36(11-13-38)28(40)21-8-6-20(7-9-21)19-44-25-18-24(34-29(35-25)37-14-16-43-17-15-37)39-23-5-3-2-4-22(23)33-27(39)26(31)32/h2-5,18,20-21,26H,6-17,19H2,1H3. The van der Waals surface area contributed by atoms with Crippen LogP contribution in [0.5, 0.6) is 5.88 Å². The van der Waals surface area contributed by atoms with E-state index < -0.39 is 12.2 Å². The van der Waals surface area contributed by atoms with Gasteiger partial charge in [-0.15, -0.1) is 0 Å². The number of imidazole rings is 1. The summed E-state index contributed by atoms with van der Waals surface area (Å²) in [6.45, 7) is 4.55. The van der Waals surface area contributed by atoms with Crippen molar-refractivity contribution in [2.24, 2.45) is 11.8 Å². The number of benzene rings is 1. The number of hydrogen-bond donors (Lipinski definition) is 0. The molecule has 0 spiro atoms. The Labute approximate surface area is 253 Å². The van der Waals surface area contributed by atoms with E-state index in [0.29, 0.717) is 82.0 Å². The Balaban J connectivity index is 1.13. The number of amides is 2. The van der Waals surface area contributed by atoms with Crippen molar-refractivity contribution >= 4 is 29.0 Å². The van der Waals surface area contributed by atoms with Crippen LogP contribution < -0.4 is 9.64 Å². The number of carbonyl (C=O) groups is 2. The van der Waals surface area contributed by atoms with E-state index in [4.69, 9.17) is 14.2 Å². The fourth-order valence-electron chi connectivity index (χ4n) is 6.20. The molecular weight excluding hydrogens is 576 g/mol. The molecular formula is C30H37F2N7O5. The quantitative estimate of drug-likeness (QED) is 0.394. The number of morpholine rings is 1. The maximum absolute atomic E-state index is 14.1. The first-order chi connectivity index (χ1) is 21.4. The minimum absolute atomic E-state index is 0.0446. The van der Waals surface area contributed by atoms with Crippen LogP contribution in [0.3, 0.4) is 0 Å². The summed E-state index contributed by atoms with van der Waals surface area (Å²) in [6, 6.07) is 8.57. The molecule has 4 heterocycles. The molecule has 2 amide bonds. The summed E-state index contributed by atoms with van der Waals surface area (Å²) in [6.07, 6.45) is 0.0121. The minimum Gasteiger partial charge on any atom is -0.477 e. The lowest BCUT2D eigenvalue weighted by molar-refractivity contribution is -0.138. The number of piperazine rings is 1. The van der Waals surface area contributed by atoms with Crippen molar-refractivity contribution < 1.29 is 32.6 Å². The number of hydrogen-bond acceptors (Lipinski definition) is 9. The summed E-state index contributed by atoms with van der Waals surface area (Å²) < 4.78 is 46.1. The second-order valence-corrected chi connectivity index (χ2v) is 11.4. The maximum Gasteiger partial charge on any atom is 0.409 e. The molecule has 12 nitrogen and oxygen atoms in total. The normalized spacial score (nSPS) is 21.1. The van der Waals surface area contributed by atoms with E-state index in [-0.39, 0.29) is 29.7 Å².